The molecule has 1 unspecified atom stereocenters. The SMILES string of the molecule is CCCCC(O)Cc1ccc2ccccc2n1. The molecule has 0 saturated heterocycles. The molecule has 2 heteroatoms. The number of aromatic nitrogens is 1. The van der Waals surface area contributed by atoms with Gasteiger partial charge in [-0.1, -0.05) is 44.0 Å². The van der Waals surface area contributed by atoms with E-state index >= 15 is 0 Å². The van der Waals surface area contributed by atoms with Crippen LogP contribution in [0.4, 0.5) is 0 Å². The van der Waals surface area contributed by atoms with Crippen LogP contribution < -0.4 is 0 Å². The lowest BCUT2D eigenvalue weighted by Gasteiger charge is -2.09. The Bertz CT molecular complexity index is 481. The van der Waals surface area contributed by atoms with E-state index in [1.165, 1.54) is 0 Å². The molecule has 0 aliphatic rings. The molecule has 90 valence electrons. The molecule has 0 saturated carbocycles. The first-order valence-electron chi connectivity index (χ1n) is 6.32. The third-order valence-corrected chi connectivity index (χ3v) is 2.99. The van der Waals surface area contributed by atoms with Crippen molar-refractivity contribution in [1.29, 1.82) is 0 Å². The van der Waals surface area contributed by atoms with Crippen LogP contribution in [0.5, 0.6) is 0 Å². The fourth-order valence-electron chi connectivity index (χ4n) is 2.01. The molecule has 0 radical (unpaired) electrons. The van der Waals surface area contributed by atoms with Gasteiger partial charge in [0.1, 0.15) is 0 Å². The number of hydrogen-bond donors (Lipinski definition) is 1. The van der Waals surface area contributed by atoms with Crippen LogP contribution in [0.15, 0.2) is 36.4 Å². The van der Waals surface area contributed by atoms with Gasteiger partial charge in [0.05, 0.1) is 11.6 Å². The fraction of sp³-hybridized carbons (Fsp3) is 0.400. The molecule has 2 rings (SSSR count). The maximum absolute atomic E-state index is 9.87. The molecule has 0 bridgehead atoms. The monoisotopic (exact) mass is 229 g/mol. The van der Waals surface area contributed by atoms with Crippen LogP contribution in [0.25, 0.3) is 10.9 Å². The van der Waals surface area contributed by atoms with Crippen LogP contribution in [0.1, 0.15) is 31.9 Å². The van der Waals surface area contributed by atoms with E-state index in [-0.39, 0.29) is 6.10 Å². The zero-order valence-electron chi connectivity index (χ0n) is 10.3. The lowest BCUT2D eigenvalue weighted by atomic mass is 10.1. The van der Waals surface area contributed by atoms with Gasteiger partial charge in [-0.15, -0.1) is 0 Å². The van der Waals surface area contributed by atoms with Crippen LogP contribution in [-0.4, -0.2) is 16.2 Å². The Kier molecular flexibility index (Phi) is 4.10. The number of pyridine rings is 1. The van der Waals surface area contributed by atoms with Crippen LogP contribution in [0, 0.1) is 0 Å². The van der Waals surface area contributed by atoms with E-state index in [0.717, 1.165) is 35.9 Å². The second-order valence-corrected chi connectivity index (χ2v) is 4.50. The van der Waals surface area contributed by atoms with Gasteiger partial charge in [-0.25, -0.2) is 0 Å². The molecule has 1 aromatic heterocycles. The Morgan fingerprint density at radius 3 is 2.82 bits per heavy atom. The molecular weight excluding hydrogens is 210 g/mol. The summed E-state index contributed by atoms with van der Waals surface area (Å²) < 4.78 is 0. The van der Waals surface area contributed by atoms with E-state index < -0.39 is 0 Å². The molecule has 1 heterocycles. The summed E-state index contributed by atoms with van der Waals surface area (Å²) in [7, 11) is 0. The van der Waals surface area contributed by atoms with Gasteiger partial charge >= 0.3 is 0 Å². The smallest absolute Gasteiger partial charge is 0.0705 e. The number of rotatable bonds is 5. The zero-order valence-corrected chi connectivity index (χ0v) is 10.3. The molecule has 2 aromatic rings. The number of hydrogen-bond acceptors (Lipinski definition) is 2. The minimum Gasteiger partial charge on any atom is -0.393 e. The number of benzene rings is 1. The van der Waals surface area contributed by atoms with E-state index in [0.29, 0.717) is 6.42 Å². The first-order valence-corrected chi connectivity index (χ1v) is 6.32. The summed E-state index contributed by atoms with van der Waals surface area (Å²) in [5, 5.41) is 11.0. The highest BCUT2D eigenvalue weighted by Crippen LogP contribution is 2.14. The molecule has 0 fully saturated rings. The molecule has 0 aliphatic carbocycles. The maximum Gasteiger partial charge on any atom is 0.0705 e. The van der Waals surface area contributed by atoms with Gasteiger partial charge in [0, 0.05) is 17.5 Å². The molecule has 1 aromatic carbocycles. The van der Waals surface area contributed by atoms with Gasteiger partial charge in [-0.05, 0) is 18.6 Å². The number of para-hydroxylation sites is 1. The normalized spacial score (nSPS) is 12.8. The minimum absolute atomic E-state index is 0.261. The van der Waals surface area contributed by atoms with E-state index in [9.17, 15) is 5.11 Å². The Balaban J connectivity index is 2.08. The van der Waals surface area contributed by atoms with Gasteiger partial charge in [-0.3, -0.25) is 4.98 Å². The largest absolute Gasteiger partial charge is 0.393 e. The standard InChI is InChI=1S/C15H19NO/c1-2-3-7-14(17)11-13-10-9-12-6-4-5-8-15(12)16-13/h4-6,8-10,14,17H,2-3,7,11H2,1H3. The average Bonchev–Trinajstić information content (AvgIpc) is 2.36. The van der Waals surface area contributed by atoms with Crippen molar-refractivity contribution in [2.75, 3.05) is 0 Å². The predicted octanol–water partition coefficient (Wildman–Crippen LogP) is 3.33. The lowest BCUT2D eigenvalue weighted by molar-refractivity contribution is 0.160. The van der Waals surface area contributed by atoms with E-state index in [1.54, 1.807) is 0 Å². The molecule has 1 atom stereocenters. The van der Waals surface area contributed by atoms with Gasteiger partial charge < -0.3 is 5.11 Å². The highest BCUT2D eigenvalue weighted by molar-refractivity contribution is 5.78. The first kappa shape index (κ1) is 12.1. The van der Waals surface area contributed by atoms with Crippen molar-refractivity contribution < 1.29 is 5.11 Å². The summed E-state index contributed by atoms with van der Waals surface area (Å²) in [6.45, 7) is 2.14. The summed E-state index contributed by atoms with van der Waals surface area (Å²) in [6.07, 6.45) is 3.47. The summed E-state index contributed by atoms with van der Waals surface area (Å²) in [5.41, 5.74) is 1.99. The lowest BCUT2D eigenvalue weighted by Crippen LogP contribution is -2.11. The Hall–Kier alpha value is -1.41. The molecule has 1 N–H and O–H groups in total. The Morgan fingerprint density at radius 1 is 1.18 bits per heavy atom. The second-order valence-electron chi connectivity index (χ2n) is 4.50. The van der Waals surface area contributed by atoms with Gasteiger partial charge in [0.2, 0.25) is 0 Å². The topological polar surface area (TPSA) is 33.1 Å². The molecule has 0 aliphatic heterocycles. The van der Waals surface area contributed by atoms with Gasteiger partial charge in [0.15, 0.2) is 0 Å². The van der Waals surface area contributed by atoms with Gasteiger partial charge in [0.25, 0.3) is 0 Å². The van der Waals surface area contributed by atoms with Crippen molar-refractivity contribution in [2.45, 2.75) is 38.7 Å². The highest BCUT2D eigenvalue weighted by Gasteiger charge is 2.06. The highest BCUT2D eigenvalue weighted by atomic mass is 16.3. The van der Waals surface area contributed by atoms with E-state index in [2.05, 4.69) is 24.0 Å². The summed E-state index contributed by atoms with van der Waals surface area (Å²) in [5.74, 6) is 0. The number of aliphatic hydroxyl groups excluding tert-OH is 1. The quantitative estimate of drug-likeness (QED) is 0.853. The van der Waals surface area contributed by atoms with E-state index in [1.807, 2.05) is 24.3 Å². The predicted molar refractivity (Wildman–Crippen MR) is 71.0 cm³/mol. The van der Waals surface area contributed by atoms with Crippen LogP contribution in [0.3, 0.4) is 0 Å². The fourth-order valence-corrected chi connectivity index (χ4v) is 2.01. The van der Waals surface area contributed by atoms with Crippen molar-refractivity contribution >= 4 is 10.9 Å². The molecule has 0 spiro atoms. The number of aliphatic hydroxyl groups is 1. The molecule has 2 nitrogen and oxygen atoms in total. The average molecular weight is 229 g/mol. The van der Waals surface area contributed by atoms with E-state index in [4.69, 9.17) is 0 Å². The molecular formula is C15H19NO. The zero-order chi connectivity index (χ0) is 12.1. The molecule has 17 heavy (non-hydrogen) atoms. The Morgan fingerprint density at radius 2 is 2.00 bits per heavy atom. The number of unbranched alkanes of at least 4 members (excludes halogenated alkanes) is 1. The third kappa shape index (κ3) is 3.27. The Labute approximate surface area is 102 Å². The van der Waals surface area contributed by atoms with Crippen LogP contribution in [-0.2, 0) is 6.42 Å². The van der Waals surface area contributed by atoms with Crippen molar-refractivity contribution in [3.63, 3.8) is 0 Å². The van der Waals surface area contributed by atoms with Gasteiger partial charge in [-0.2, -0.15) is 0 Å². The third-order valence-electron chi connectivity index (χ3n) is 2.99. The maximum atomic E-state index is 9.87. The summed E-state index contributed by atoms with van der Waals surface area (Å²) in [4.78, 5) is 4.56. The molecule has 0 amide bonds. The van der Waals surface area contributed by atoms with Crippen LogP contribution >= 0.6 is 0 Å². The number of fused-ring (bicyclic) bond motifs is 1. The van der Waals surface area contributed by atoms with Crippen LogP contribution in [0.2, 0.25) is 0 Å². The first-order chi connectivity index (χ1) is 8.29. The van der Waals surface area contributed by atoms with Crippen molar-refractivity contribution in [2.24, 2.45) is 0 Å². The van der Waals surface area contributed by atoms with Crippen molar-refractivity contribution in [3.8, 4) is 0 Å². The second kappa shape index (κ2) is 5.78. The number of nitrogens with zero attached hydrogens (tertiary/aromatic N) is 1. The minimum atomic E-state index is -0.261. The summed E-state index contributed by atoms with van der Waals surface area (Å²) >= 11 is 0. The van der Waals surface area contributed by atoms with Crippen molar-refractivity contribution in [3.05, 3.63) is 42.1 Å². The van der Waals surface area contributed by atoms with Crippen molar-refractivity contribution in [1.82, 2.24) is 4.98 Å². The summed E-state index contributed by atoms with van der Waals surface area (Å²) in [6, 6.07) is 12.2.